The molecule has 0 radical (unpaired) electrons. The minimum absolute atomic E-state index is 0.169. The molecule has 0 amide bonds. The van der Waals surface area contributed by atoms with Gasteiger partial charge in [-0.2, -0.15) is 0 Å². The molecular formula is C15H18FN3. The monoisotopic (exact) mass is 259 g/mol. The molecule has 0 fully saturated rings. The molecule has 0 aliphatic rings. The molecule has 0 saturated heterocycles. The van der Waals surface area contributed by atoms with Crippen molar-refractivity contribution in [2.24, 2.45) is 5.73 Å². The Hall–Kier alpha value is -1.94. The molecule has 100 valence electrons. The van der Waals surface area contributed by atoms with Crippen molar-refractivity contribution in [3.63, 3.8) is 0 Å². The van der Waals surface area contributed by atoms with Crippen molar-refractivity contribution < 1.29 is 4.39 Å². The summed E-state index contributed by atoms with van der Waals surface area (Å²) in [6.07, 6.45) is 1.58. The van der Waals surface area contributed by atoms with Crippen molar-refractivity contribution in [2.75, 3.05) is 11.9 Å². The first-order valence-corrected chi connectivity index (χ1v) is 6.18. The molecule has 3 nitrogen and oxygen atoms in total. The number of hydrogen-bond acceptors (Lipinski definition) is 3. The van der Waals surface area contributed by atoms with Gasteiger partial charge in [0.25, 0.3) is 0 Å². The average molecular weight is 259 g/mol. The van der Waals surface area contributed by atoms with Crippen LogP contribution in [-0.4, -0.2) is 12.0 Å². The van der Waals surface area contributed by atoms with Gasteiger partial charge in [-0.3, -0.25) is 0 Å². The Kier molecular flexibility index (Phi) is 3.81. The Morgan fingerprint density at radius 2 is 1.84 bits per heavy atom. The van der Waals surface area contributed by atoms with Crippen molar-refractivity contribution in [3.8, 4) is 0 Å². The van der Waals surface area contributed by atoms with Crippen molar-refractivity contribution in [2.45, 2.75) is 20.4 Å². The normalized spacial score (nSPS) is 10.6. The van der Waals surface area contributed by atoms with E-state index in [0.29, 0.717) is 11.4 Å². The van der Waals surface area contributed by atoms with E-state index in [1.54, 1.807) is 24.2 Å². The number of nitrogens with zero attached hydrogens (tertiary/aromatic N) is 2. The second-order valence-electron chi connectivity index (χ2n) is 4.72. The van der Waals surface area contributed by atoms with E-state index in [1.165, 1.54) is 0 Å². The van der Waals surface area contributed by atoms with Crippen LogP contribution in [0.3, 0.4) is 0 Å². The zero-order valence-corrected chi connectivity index (χ0v) is 11.4. The number of rotatable bonds is 3. The number of pyridine rings is 1. The molecule has 0 aliphatic carbocycles. The SMILES string of the molecule is Cc1cc(C)cc(N(C)c2nccc(CN)c2F)c1. The van der Waals surface area contributed by atoms with E-state index >= 15 is 0 Å². The van der Waals surface area contributed by atoms with Crippen LogP contribution in [0.4, 0.5) is 15.9 Å². The summed E-state index contributed by atoms with van der Waals surface area (Å²) in [7, 11) is 1.81. The van der Waals surface area contributed by atoms with E-state index in [2.05, 4.69) is 11.1 Å². The van der Waals surface area contributed by atoms with E-state index in [9.17, 15) is 4.39 Å². The smallest absolute Gasteiger partial charge is 0.170 e. The highest BCUT2D eigenvalue weighted by molar-refractivity contribution is 5.62. The van der Waals surface area contributed by atoms with E-state index in [4.69, 9.17) is 5.73 Å². The van der Waals surface area contributed by atoms with Gasteiger partial charge < -0.3 is 10.6 Å². The summed E-state index contributed by atoms with van der Waals surface area (Å²) in [6, 6.07) is 7.69. The van der Waals surface area contributed by atoms with Gasteiger partial charge in [0, 0.05) is 31.0 Å². The van der Waals surface area contributed by atoms with Crippen molar-refractivity contribution in [3.05, 3.63) is 53.0 Å². The minimum Gasteiger partial charge on any atom is -0.327 e. The first-order chi connectivity index (χ1) is 9.02. The molecule has 1 heterocycles. The zero-order valence-electron chi connectivity index (χ0n) is 11.4. The number of hydrogen-bond donors (Lipinski definition) is 1. The molecule has 1 aromatic heterocycles. The maximum atomic E-state index is 14.2. The van der Waals surface area contributed by atoms with Crippen LogP contribution in [0.2, 0.25) is 0 Å². The van der Waals surface area contributed by atoms with Crippen LogP contribution in [0, 0.1) is 19.7 Å². The lowest BCUT2D eigenvalue weighted by atomic mass is 10.1. The minimum atomic E-state index is -0.355. The molecule has 2 aromatic rings. The highest BCUT2D eigenvalue weighted by Gasteiger charge is 2.14. The third-order valence-electron chi connectivity index (χ3n) is 3.08. The van der Waals surface area contributed by atoms with Gasteiger partial charge in [0.15, 0.2) is 11.6 Å². The fraction of sp³-hybridized carbons (Fsp3) is 0.267. The van der Waals surface area contributed by atoms with Crippen LogP contribution in [0.1, 0.15) is 16.7 Å². The molecule has 2 rings (SSSR count). The molecule has 1 aromatic carbocycles. The summed E-state index contributed by atoms with van der Waals surface area (Å²) in [4.78, 5) is 5.86. The Labute approximate surface area is 112 Å². The van der Waals surface area contributed by atoms with E-state index in [-0.39, 0.29) is 12.4 Å². The van der Waals surface area contributed by atoms with Crippen LogP contribution < -0.4 is 10.6 Å². The fourth-order valence-corrected chi connectivity index (χ4v) is 2.13. The lowest BCUT2D eigenvalue weighted by Gasteiger charge is -2.20. The van der Waals surface area contributed by atoms with Crippen molar-refractivity contribution >= 4 is 11.5 Å². The molecule has 0 spiro atoms. The number of anilines is 2. The summed E-state index contributed by atoms with van der Waals surface area (Å²) >= 11 is 0. The topological polar surface area (TPSA) is 42.2 Å². The first-order valence-electron chi connectivity index (χ1n) is 6.18. The van der Waals surface area contributed by atoms with Gasteiger partial charge in [-0.15, -0.1) is 0 Å². The summed E-state index contributed by atoms with van der Waals surface area (Å²) in [5, 5.41) is 0. The van der Waals surface area contributed by atoms with Crippen molar-refractivity contribution in [1.29, 1.82) is 0 Å². The summed E-state index contributed by atoms with van der Waals surface area (Å²) in [6.45, 7) is 4.21. The summed E-state index contributed by atoms with van der Waals surface area (Å²) < 4.78 is 14.2. The number of aromatic nitrogens is 1. The molecule has 2 N–H and O–H groups in total. The third kappa shape index (κ3) is 2.74. The van der Waals surface area contributed by atoms with Gasteiger partial charge in [-0.05, 0) is 43.2 Å². The van der Waals surface area contributed by atoms with Crippen LogP contribution in [0.25, 0.3) is 0 Å². The molecule has 0 bridgehead atoms. The molecule has 0 saturated carbocycles. The fourth-order valence-electron chi connectivity index (χ4n) is 2.13. The van der Waals surface area contributed by atoms with Crippen LogP contribution in [0.5, 0.6) is 0 Å². The zero-order chi connectivity index (χ0) is 14.0. The maximum Gasteiger partial charge on any atom is 0.170 e. The standard InChI is InChI=1S/C15H18FN3/c1-10-6-11(2)8-13(7-10)19(3)15-14(16)12(9-17)4-5-18-15/h4-8H,9,17H2,1-3H3. The largest absolute Gasteiger partial charge is 0.327 e. The van der Waals surface area contributed by atoms with E-state index < -0.39 is 0 Å². The molecule has 0 atom stereocenters. The average Bonchev–Trinajstić information content (AvgIpc) is 2.37. The Bertz CT molecular complexity index is 576. The third-order valence-corrected chi connectivity index (χ3v) is 3.08. The number of nitrogens with two attached hydrogens (primary N) is 1. The summed E-state index contributed by atoms with van der Waals surface area (Å²) in [5.41, 5.74) is 9.18. The van der Waals surface area contributed by atoms with Gasteiger partial charge in [0.2, 0.25) is 0 Å². The molecule has 0 unspecified atom stereocenters. The Morgan fingerprint density at radius 3 is 2.42 bits per heavy atom. The van der Waals surface area contributed by atoms with Crippen LogP contribution in [0.15, 0.2) is 30.5 Å². The van der Waals surface area contributed by atoms with Crippen LogP contribution >= 0.6 is 0 Å². The van der Waals surface area contributed by atoms with E-state index in [1.807, 2.05) is 26.0 Å². The Balaban J connectivity index is 2.46. The highest BCUT2D eigenvalue weighted by Crippen LogP contribution is 2.27. The van der Waals surface area contributed by atoms with Gasteiger partial charge in [-0.25, -0.2) is 9.37 Å². The van der Waals surface area contributed by atoms with Crippen LogP contribution in [-0.2, 0) is 6.54 Å². The van der Waals surface area contributed by atoms with E-state index in [0.717, 1.165) is 16.8 Å². The summed E-state index contributed by atoms with van der Waals surface area (Å²) in [5.74, 6) is -0.0559. The highest BCUT2D eigenvalue weighted by atomic mass is 19.1. The predicted octanol–water partition coefficient (Wildman–Crippen LogP) is 3.06. The number of halogens is 1. The maximum absolute atomic E-state index is 14.2. The first kappa shape index (κ1) is 13.5. The van der Waals surface area contributed by atoms with Gasteiger partial charge in [0.05, 0.1) is 0 Å². The quantitative estimate of drug-likeness (QED) is 0.921. The molecular weight excluding hydrogens is 241 g/mol. The van der Waals surface area contributed by atoms with Gasteiger partial charge in [-0.1, -0.05) is 6.07 Å². The number of benzene rings is 1. The van der Waals surface area contributed by atoms with Gasteiger partial charge >= 0.3 is 0 Å². The lowest BCUT2D eigenvalue weighted by molar-refractivity contribution is 0.604. The Morgan fingerprint density at radius 1 is 1.21 bits per heavy atom. The molecule has 0 aliphatic heterocycles. The molecule has 4 heteroatoms. The van der Waals surface area contributed by atoms with Gasteiger partial charge in [0.1, 0.15) is 0 Å². The lowest BCUT2D eigenvalue weighted by Crippen LogP contribution is -2.15. The molecule has 19 heavy (non-hydrogen) atoms. The second kappa shape index (κ2) is 5.36. The number of aryl methyl sites for hydroxylation is 2. The second-order valence-corrected chi connectivity index (χ2v) is 4.72. The predicted molar refractivity (Wildman–Crippen MR) is 76.1 cm³/mol. The van der Waals surface area contributed by atoms with Crippen molar-refractivity contribution in [1.82, 2.24) is 4.98 Å².